The minimum Gasteiger partial charge on any atom is -0.368 e. The molecule has 2 N–H and O–H groups in total. The van der Waals surface area contributed by atoms with Crippen LogP contribution in [0.2, 0.25) is 0 Å². The molecule has 0 spiro atoms. The summed E-state index contributed by atoms with van der Waals surface area (Å²) in [5.74, 6) is 0.805. The maximum absolute atomic E-state index is 12.4. The second kappa shape index (κ2) is 9.04. The Morgan fingerprint density at radius 1 is 1.28 bits per heavy atom. The van der Waals surface area contributed by atoms with Crippen molar-refractivity contribution in [3.63, 3.8) is 0 Å². The highest BCUT2D eigenvalue weighted by Gasteiger charge is 2.30. The van der Waals surface area contributed by atoms with Crippen molar-refractivity contribution in [1.29, 1.82) is 0 Å². The molecule has 0 saturated carbocycles. The first-order valence-corrected chi connectivity index (χ1v) is 9.64. The first-order chi connectivity index (χ1) is 12.2. The normalized spacial score (nSPS) is 21.2. The van der Waals surface area contributed by atoms with E-state index in [1.807, 2.05) is 4.90 Å². The smallest absolute Gasteiger partial charge is 0.317 e. The summed E-state index contributed by atoms with van der Waals surface area (Å²) in [5.41, 5.74) is 0. The second-order valence-corrected chi connectivity index (χ2v) is 7.17. The van der Waals surface area contributed by atoms with Crippen molar-refractivity contribution in [3.8, 4) is 0 Å². The van der Waals surface area contributed by atoms with E-state index in [9.17, 15) is 9.59 Å². The van der Waals surface area contributed by atoms with Crippen LogP contribution in [0, 0.1) is 0 Å². The number of hydrogen-bond donors (Lipinski definition) is 2. The fraction of sp³-hybridized carbons (Fsp3) is 0.733. The Labute approximate surface area is 150 Å². The summed E-state index contributed by atoms with van der Waals surface area (Å²) >= 11 is 1.53. The number of nitrogens with one attached hydrogen (secondary N) is 2. The third kappa shape index (κ3) is 5.08. The Morgan fingerprint density at radius 2 is 2.12 bits per heavy atom. The molecule has 25 heavy (non-hydrogen) atoms. The van der Waals surface area contributed by atoms with E-state index in [-0.39, 0.29) is 18.0 Å². The Kier molecular flexibility index (Phi) is 6.51. The van der Waals surface area contributed by atoms with Gasteiger partial charge in [0, 0.05) is 45.1 Å². The van der Waals surface area contributed by atoms with Gasteiger partial charge in [0.05, 0.1) is 6.20 Å². The summed E-state index contributed by atoms with van der Waals surface area (Å²) in [4.78, 5) is 28.3. The number of carbonyl (C=O) groups is 2. The molecule has 0 aromatic carbocycles. The van der Waals surface area contributed by atoms with E-state index >= 15 is 0 Å². The number of ether oxygens (including phenoxy) is 1. The van der Waals surface area contributed by atoms with Gasteiger partial charge in [0.1, 0.15) is 11.1 Å². The molecular weight excluding hydrogens is 344 g/mol. The van der Waals surface area contributed by atoms with Gasteiger partial charge in [-0.05, 0) is 19.3 Å². The van der Waals surface area contributed by atoms with Crippen LogP contribution in [0.4, 0.5) is 4.79 Å². The second-order valence-electron chi connectivity index (χ2n) is 6.06. The molecule has 2 fully saturated rings. The van der Waals surface area contributed by atoms with E-state index in [4.69, 9.17) is 4.74 Å². The lowest BCUT2D eigenvalue weighted by atomic mass is 10.2. The van der Waals surface area contributed by atoms with Crippen molar-refractivity contribution in [2.24, 2.45) is 0 Å². The van der Waals surface area contributed by atoms with Crippen molar-refractivity contribution in [2.45, 2.75) is 30.4 Å². The zero-order valence-corrected chi connectivity index (χ0v) is 15.0. The monoisotopic (exact) mass is 368 g/mol. The third-order valence-corrected chi connectivity index (χ3v) is 5.22. The predicted octanol–water partition coefficient (Wildman–Crippen LogP) is 0.320. The van der Waals surface area contributed by atoms with Gasteiger partial charge in [-0.25, -0.2) is 4.79 Å². The van der Waals surface area contributed by atoms with Crippen LogP contribution in [0.25, 0.3) is 0 Å². The Bertz CT molecular complexity index is 564. The summed E-state index contributed by atoms with van der Waals surface area (Å²) in [5, 5.41) is 14.0. The summed E-state index contributed by atoms with van der Waals surface area (Å²) < 4.78 is 5.48. The van der Waals surface area contributed by atoms with Crippen molar-refractivity contribution < 1.29 is 14.3 Å². The topological polar surface area (TPSA) is 103 Å². The van der Waals surface area contributed by atoms with Crippen LogP contribution in [-0.4, -0.2) is 88.3 Å². The molecule has 9 nitrogen and oxygen atoms in total. The zero-order chi connectivity index (χ0) is 17.5. The molecule has 0 unspecified atom stereocenters. The van der Waals surface area contributed by atoms with E-state index < -0.39 is 0 Å². The molecular formula is C15H24N6O3S. The number of thioether (sulfide) groups is 1. The molecule has 2 saturated heterocycles. The number of hydrogen-bond acceptors (Lipinski definition) is 6. The SMILES string of the molecule is O=C(NCCSc1cn[nH]n1)N1CCCN(C(=O)[C@H]2CCCO2)CC1. The Balaban J connectivity index is 1.38. The lowest BCUT2D eigenvalue weighted by Gasteiger charge is -2.24. The van der Waals surface area contributed by atoms with Gasteiger partial charge < -0.3 is 19.9 Å². The van der Waals surface area contributed by atoms with Crippen molar-refractivity contribution in [2.75, 3.05) is 45.1 Å². The summed E-state index contributed by atoms with van der Waals surface area (Å²) in [6.45, 7) is 3.71. The maximum Gasteiger partial charge on any atom is 0.317 e. The molecule has 2 aliphatic heterocycles. The standard InChI is InChI=1S/C15H24N6O3S/c22-14(12-3-1-9-24-12)20-5-2-6-21(8-7-20)15(23)16-4-10-25-13-11-17-19-18-13/h11-12H,1-10H2,(H,16,23)(H,17,18,19)/t12-/m1/s1. The van der Waals surface area contributed by atoms with Crippen molar-refractivity contribution in [1.82, 2.24) is 30.5 Å². The molecule has 0 bridgehead atoms. The zero-order valence-electron chi connectivity index (χ0n) is 14.1. The number of rotatable bonds is 5. The number of aromatic nitrogens is 3. The summed E-state index contributed by atoms with van der Waals surface area (Å²) in [7, 11) is 0. The molecule has 1 atom stereocenters. The highest BCUT2D eigenvalue weighted by Crippen LogP contribution is 2.16. The Hall–Kier alpha value is -1.81. The minimum absolute atomic E-state index is 0.0729. The summed E-state index contributed by atoms with van der Waals surface area (Å²) in [6, 6.07) is -0.0767. The first-order valence-electron chi connectivity index (χ1n) is 8.66. The molecule has 3 rings (SSSR count). The van der Waals surface area contributed by atoms with Gasteiger partial charge in [0.25, 0.3) is 5.91 Å². The predicted molar refractivity (Wildman–Crippen MR) is 92.2 cm³/mol. The molecule has 1 aromatic rings. The minimum atomic E-state index is -0.283. The molecule has 1 aromatic heterocycles. The van der Waals surface area contributed by atoms with E-state index in [0.29, 0.717) is 39.3 Å². The molecule has 138 valence electrons. The van der Waals surface area contributed by atoms with E-state index in [1.54, 1.807) is 11.1 Å². The van der Waals surface area contributed by atoms with Gasteiger partial charge in [0.2, 0.25) is 0 Å². The van der Waals surface area contributed by atoms with Crippen LogP contribution >= 0.6 is 11.8 Å². The van der Waals surface area contributed by atoms with Gasteiger partial charge >= 0.3 is 6.03 Å². The highest BCUT2D eigenvalue weighted by atomic mass is 32.2. The third-order valence-electron chi connectivity index (χ3n) is 4.32. The molecule has 10 heteroatoms. The Morgan fingerprint density at radius 3 is 2.88 bits per heavy atom. The van der Waals surface area contributed by atoms with Crippen LogP contribution in [0.1, 0.15) is 19.3 Å². The quantitative estimate of drug-likeness (QED) is 0.573. The first kappa shape index (κ1) is 18.0. The van der Waals surface area contributed by atoms with Crippen molar-refractivity contribution >= 4 is 23.7 Å². The van der Waals surface area contributed by atoms with Crippen LogP contribution < -0.4 is 5.32 Å². The lowest BCUT2D eigenvalue weighted by Crippen LogP contribution is -2.44. The van der Waals surface area contributed by atoms with E-state index in [2.05, 4.69) is 20.7 Å². The van der Waals surface area contributed by atoms with Gasteiger partial charge in [-0.1, -0.05) is 0 Å². The van der Waals surface area contributed by atoms with Crippen LogP contribution in [-0.2, 0) is 9.53 Å². The van der Waals surface area contributed by atoms with Crippen LogP contribution in [0.3, 0.4) is 0 Å². The number of carbonyl (C=O) groups excluding carboxylic acids is 2. The maximum atomic E-state index is 12.4. The van der Waals surface area contributed by atoms with Crippen LogP contribution in [0.5, 0.6) is 0 Å². The fourth-order valence-corrected chi connectivity index (χ4v) is 3.65. The largest absolute Gasteiger partial charge is 0.368 e. The van der Waals surface area contributed by atoms with Crippen LogP contribution in [0.15, 0.2) is 11.2 Å². The number of H-pyrrole nitrogens is 1. The number of urea groups is 1. The molecule has 0 radical (unpaired) electrons. The van der Waals surface area contributed by atoms with Gasteiger partial charge in [-0.15, -0.1) is 16.9 Å². The van der Waals surface area contributed by atoms with Gasteiger partial charge in [-0.2, -0.15) is 10.3 Å². The fourth-order valence-electron chi connectivity index (χ4n) is 3.00. The van der Waals surface area contributed by atoms with Gasteiger partial charge in [0.15, 0.2) is 0 Å². The number of aromatic amines is 1. The van der Waals surface area contributed by atoms with E-state index in [0.717, 1.165) is 30.0 Å². The molecule has 3 heterocycles. The molecule has 2 aliphatic rings. The average molecular weight is 368 g/mol. The lowest BCUT2D eigenvalue weighted by molar-refractivity contribution is -0.140. The van der Waals surface area contributed by atoms with Crippen molar-refractivity contribution in [3.05, 3.63) is 6.20 Å². The van der Waals surface area contributed by atoms with E-state index in [1.165, 1.54) is 11.8 Å². The molecule has 3 amide bonds. The number of amides is 3. The average Bonchev–Trinajstić information content (AvgIpc) is 3.28. The van der Waals surface area contributed by atoms with Gasteiger partial charge in [-0.3, -0.25) is 4.79 Å². The molecule has 0 aliphatic carbocycles. The summed E-state index contributed by atoms with van der Waals surface area (Å²) in [6.07, 6.45) is 3.92. The highest BCUT2D eigenvalue weighted by molar-refractivity contribution is 7.99. The number of nitrogens with zero attached hydrogens (tertiary/aromatic N) is 4.